The van der Waals surface area contributed by atoms with E-state index < -0.39 is 17.9 Å². The van der Waals surface area contributed by atoms with Gasteiger partial charge in [0.15, 0.2) is 5.69 Å². The minimum atomic E-state index is -0.555. The summed E-state index contributed by atoms with van der Waals surface area (Å²) in [5.41, 5.74) is 5.26. The van der Waals surface area contributed by atoms with Gasteiger partial charge in [0.2, 0.25) is 5.91 Å². The Kier molecular flexibility index (Phi) is 3.82. The topological polar surface area (TPSA) is 94.3 Å². The summed E-state index contributed by atoms with van der Waals surface area (Å²) < 4.78 is 4.52. The van der Waals surface area contributed by atoms with Gasteiger partial charge in [-0.1, -0.05) is 6.07 Å². The first-order chi connectivity index (χ1) is 7.54. The molecular formula is C10H13N3O3. The Morgan fingerprint density at radius 1 is 1.50 bits per heavy atom. The van der Waals surface area contributed by atoms with Gasteiger partial charge in [-0.2, -0.15) is 0 Å². The van der Waals surface area contributed by atoms with Gasteiger partial charge >= 0.3 is 5.97 Å². The van der Waals surface area contributed by atoms with E-state index in [0.29, 0.717) is 5.82 Å². The van der Waals surface area contributed by atoms with Crippen LogP contribution in [-0.4, -0.2) is 30.0 Å². The number of aromatic nitrogens is 1. The summed E-state index contributed by atoms with van der Waals surface area (Å²) in [6, 6.07) is 4.23. The van der Waals surface area contributed by atoms with E-state index in [4.69, 9.17) is 5.73 Å². The lowest BCUT2D eigenvalue weighted by Crippen LogP contribution is -2.32. The fourth-order valence-corrected chi connectivity index (χ4v) is 1.03. The van der Waals surface area contributed by atoms with Gasteiger partial charge in [0.1, 0.15) is 11.9 Å². The van der Waals surface area contributed by atoms with Crippen molar-refractivity contribution in [1.29, 1.82) is 0 Å². The van der Waals surface area contributed by atoms with E-state index in [-0.39, 0.29) is 5.69 Å². The third-order valence-electron chi connectivity index (χ3n) is 1.93. The predicted octanol–water partition coefficient (Wildman–Crippen LogP) is 0.154. The number of anilines is 1. The van der Waals surface area contributed by atoms with Gasteiger partial charge < -0.3 is 15.8 Å². The lowest BCUT2D eigenvalue weighted by atomic mass is 10.3. The highest BCUT2D eigenvalue weighted by Gasteiger charge is 2.11. The van der Waals surface area contributed by atoms with Crippen LogP contribution in [-0.2, 0) is 9.53 Å². The van der Waals surface area contributed by atoms with E-state index in [0.717, 1.165) is 0 Å². The van der Waals surface area contributed by atoms with Crippen molar-refractivity contribution in [1.82, 2.24) is 4.98 Å². The molecule has 1 amide bonds. The van der Waals surface area contributed by atoms with E-state index in [2.05, 4.69) is 15.0 Å². The first-order valence-electron chi connectivity index (χ1n) is 4.66. The number of pyridine rings is 1. The van der Waals surface area contributed by atoms with Crippen molar-refractivity contribution in [2.24, 2.45) is 5.73 Å². The summed E-state index contributed by atoms with van der Waals surface area (Å²) in [6.07, 6.45) is 0. The van der Waals surface area contributed by atoms with Crippen LogP contribution in [0.1, 0.15) is 17.4 Å². The fraction of sp³-hybridized carbons (Fsp3) is 0.300. The lowest BCUT2D eigenvalue weighted by Gasteiger charge is -2.10. The zero-order valence-corrected chi connectivity index (χ0v) is 9.06. The molecule has 0 radical (unpaired) electrons. The van der Waals surface area contributed by atoms with Crippen LogP contribution in [0.15, 0.2) is 18.2 Å². The fourth-order valence-electron chi connectivity index (χ4n) is 1.03. The van der Waals surface area contributed by atoms with Crippen molar-refractivity contribution in [2.45, 2.75) is 13.0 Å². The van der Waals surface area contributed by atoms with E-state index in [1.807, 2.05) is 0 Å². The average molecular weight is 223 g/mol. The van der Waals surface area contributed by atoms with Gasteiger partial charge in [-0.3, -0.25) is 4.79 Å². The molecule has 6 heteroatoms. The second-order valence-corrected chi connectivity index (χ2v) is 3.17. The number of hydrogen-bond acceptors (Lipinski definition) is 5. The molecule has 3 N–H and O–H groups in total. The number of nitrogens with two attached hydrogens (primary N) is 1. The van der Waals surface area contributed by atoms with Crippen molar-refractivity contribution in [3.05, 3.63) is 23.9 Å². The minimum absolute atomic E-state index is 0.171. The maximum absolute atomic E-state index is 11.2. The Bertz CT molecular complexity index is 406. The number of ether oxygens (including phenoxy) is 1. The van der Waals surface area contributed by atoms with Crippen LogP contribution in [0.3, 0.4) is 0 Å². The molecule has 0 spiro atoms. The largest absolute Gasteiger partial charge is 0.464 e. The molecule has 1 atom stereocenters. The first-order valence-corrected chi connectivity index (χ1v) is 4.66. The quantitative estimate of drug-likeness (QED) is 0.709. The molecule has 0 aliphatic heterocycles. The summed E-state index contributed by atoms with van der Waals surface area (Å²) in [6.45, 7) is 1.61. The third-order valence-corrected chi connectivity index (χ3v) is 1.93. The highest BCUT2D eigenvalue weighted by molar-refractivity contribution is 5.87. The van der Waals surface area contributed by atoms with E-state index in [1.165, 1.54) is 13.2 Å². The Hall–Kier alpha value is -2.11. The molecule has 0 saturated carbocycles. The summed E-state index contributed by atoms with van der Waals surface area (Å²) in [7, 11) is 1.27. The number of carbonyl (C=O) groups excluding carboxylic acids is 2. The second-order valence-electron chi connectivity index (χ2n) is 3.17. The van der Waals surface area contributed by atoms with E-state index >= 15 is 0 Å². The molecule has 1 rings (SSSR count). The highest BCUT2D eigenvalue weighted by Crippen LogP contribution is 2.07. The number of nitrogens with zero attached hydrogens (tertiary/aromatic N) is 1. The number of amides is 1. The van der Waals surface area contributed by atoms with Crippen LogP contribution in [0.2, 0.25) is 0 Å². The Labute approximate surface area is 92.8 Å². The number of primary amides is 1. The van der Waals surface area contributed by atoms with Crippen LogP contribution < -0.4 is 11.1 Å². The maximum atomic E-state index is 11.2. The molecule has 16 heavy (non-hydrogen) atoms. The van der Waals surface area contributed by atoms with Crippen LogP contribution in [0.4, 0.5) is 5.82 Å². The van der Waals surface area contributed by atoms with Gasteiger partial charge in [-0.05, 0) is 19.1 Å². The highest BCUT2D eigenvalue weighted by atomic mass is 16.5. The van der Waals surface area contributed by atoms with E-state index in [1.54, 1.807) is 19.1 Å². The van der Waals surface area contributed by atoms with Gasteiger partial charge in [0.25, 0.3) is 0 Å². The van der Waals surface area contributed by atoms with Crippen molar-refractivity contribution < 1.29 is 14.3 Å². The molecular weight excluding hydrogens is 210 g/mol. The molecule has 0 aliphatic carbocycles. The molecule has 0 saturated heterocycles. The molecule has 0 aliphatic rings. The molecule has 1 aromatic heterocycles. The lowest BCUT2D eigenvalue weighted by molar-refractivity contribution is -0.118. The normalized spacial score (nSPS) is 11.6. The molecule has 0 aromatic carbocycles. The zero-order valence-electron chi connectivity index (χ0n) is 9.06. The van der Waals surface area contributed by atoms with Crippen LogP contribution >= 0.6 is 0 Å². The molecule has 1 aromatic rings. The van der Waals surface area contributed by atoms with Crippen molar-refractivity contribution in [3.8, 4) is 0 Å². The summed E-state index contributed by atoms with van der Waals surface area (Å²) in [5.74, 6) is -0.630. The first kappa shape index (κ1) is 12.0. The molecule has 6 nitrogen and oxygen atoms in total. The predicted molar refractivity (Wildman–Crippen MR) is 57.9 cm³/mol. The average Bonchev–Trinajstić information content (AvgIpc) is 2.28. The SMILES string of the molecule is COC(=O)c1cccc(NC(C)C(N)=O)n1. The van der Waals surface area contributed by atoms with Crippen LogP contribution in [0.5, 0.6) is 0 Å². The number of methoxy groups -OCH3 is 1. The van der Waals surface area contributed by atoms with Gasteiger partial charge in [0.05, 0.1) is 7.11 Å². The van der Waals surface area contributed by atoms with Crippen LogP contribution in [0.25, 0.3) is 0 Å². The van der Waals surface area contributed by atoms with Crippen molar-refractivity contribution >= 4 is 17.7 Å². The maximum Gasteiger partial charge on any atom is 0.356 e. The Balaban J connectivity index is 2.82. The summed E-state index contributed by atoms with van der Waals surface area (Å²) >= 11 is 0. The number of hydrogen-bond donors (Lipinski definition) is 2. The Morgan fingerprint density at radius 3 is 2.75 bits per heavy atom. The zero-order chi connectivity index (χ0) is 12.1. The molecule has 1 heterocycles. The third kappa shape index (κ3) is 2.94. The van der Waals surface area contributed by atoms with E-state index in [9.17, 15) is 9.59 Å². The van der Waals surface area contributed by atoms with Crippen LogP contribution in [0, 0.1) is 0 Å². The second kappa shape index (κ2) is 5.11. The molecule has 0 bridgehead atoms. The van der Waals surface area contributed by atoms with Crippen molar-refractivity contribution in [3.63, 3.8) is 0 Å². The summed E-state index contributed by atoms with van der Waals surface area (Å²) in [5, 5.41) is 2.77. The summed E-state index contributed by atoms with van der Waals surface area (Å²) in [4.78, 5) is 26.0. The molecule has 1 unspecified atom stereocenters. The number of rotatable bonds is 4. The number of carbonyl (C=O) groups is 2. The van der Waals surface area contributed by atoms with Gasteiger partial charge in [-0.15, -0.1) is 0 Å². The number of nitrogens with one attached hydrogen (secondary N) is 1. The molecule has 86 valence electrons. The van der Waals surface area contributed by atoms with Crippen molar-refractivity contribution in [2.75, 3.05) is 12.4 Å². The smallest absolute Gasteiger partial charge is 0.356 e. The van der Waals surface area contributed by atoms with Gasteiger partial charge in [-0.25, -0.2) is 9.78 Å². The minimum Gasteiger partial charge on any atom is -0.464 e. The standard InChI is InChI=1S/C10H13N3O3/c1-6(9(11)14)12-8-5-3-4-7(13-8)10(15)16-2/h3-6H,1-2H3,(H2,11,14)(H,12,13). The molecule has 0 fully saturated rings. The Morgan fingerprint density at radius 2 is 2.19 bits per heavy atom. The van der Waals surface area contributed by atoms with Gasteiger partial charge in [0, 0.05) is 0 Å². The number of esters is 1. The monoisotopic (exact) mass is 223 g/mol.